The molecule has 0 spiro atoms. The van der Waals surface area contributed by atoms with Gasteiger partial charge in [-0.15, -0.1) is 0 Å². The summed E-state index contributed by atoms with van der Waals surface area (Å²) >= 11 is 6.00. The molecular formula is C19H18ClNO. The summed E-state index contributed by atoms with van der Waals surface area (Å²) in [6.07, 6.45) is 0. The van der Waals surface area contributed by atoms with Crippen LogP contribution in [-0.2, 0) is 0 Å². The molecule has 1 aliphatic heterocycles. The number of hydrogen-bond donors (Lipinski definition) is 1. The minimum atomic E-state index is 0.568. The first kappa shape index (κ1) is 14.7. The third-order valence-electron chi connectivity index (χ3n) is 3.87. The molecule has 2 aromatic rings. The van der Waals surface area contributed by atoms with Crippen molar-refractivity contribution in [2.24, 2.45) is 0 Å². The molecule has 3 rings (SSSR count). The Labute approximate surface area is 136 Å². The second-order valence-electron chi connectivity index (χ2n) is 5.36. The van der Waals surface area contributed by atoms with Crippen LogP contribution in [0.4, 0.5) is 5.69 Å². The maximum Gasteiger partial charge on any atom is 0.127 e. The van der Waals surface area contributed by atoms with Gasteiger partial charge in [-0.2, -0.15) is 0 Å². The molecule has 2 aromatic carbocycles. The molecule has 1 aliphatic rings. The van der Waals surface area contributed by atoms with Gasteiger partial charge in [-0.05, 0) is 47.9 Å². The first-order chi connectivity index (χ1) is 10.6. The van der Waals surface area contributed by atoms with E-state index in [1.807, 2.05) is 42.5 Å². The second-order valence-corrected chi connectivity index (χ2v) is 5.79. The third-order valence-corrected chi connectivity index (χ3v) is 4.11. The molecule has 0 unspecified atom stereocenters. The maximum absolute atomic E-state index is 6.00. The van der Waals surface area contributed by atoms with Crippen LogP contribution in [0.3, 0.4) is 0 Å². The van der Waals surface area contributed by atoms with Crippen LogP contribution >= 0.6 is 11.6 Å². The number of fused-ring (bicyclic) bond motifs is 1. The molecule has 0 saturated heterocycles. The van der Waals surface area contributed by atoms with Crippen molar-refractivity contribution in [2.45, 2.75) is 6.92 Å². The highest BCUT2D eigenvalue weighted by Gasteiger charge is 2.18. The van der Waals surface area contributed by atoms with Crippen LogP contribution in [0.25, 0.3) is 5.57 Å². The lowest BCUT2D eigenvalue weighted by Crippen LogP contribution is -2.15. The highest BCUT2D eigenvalue weighted by atomic mass is 35.5. The molecule has 0 atom stereocenters. The molecule has 0 amide bonds. The molecule has 0 aliphatic carbocycles. The van der Waals surface area contributed by atoms with Crippen molar-refractivity contribution in [1.29, 1.82) is 0 Å². The van der Waals surface area contributed by atoms with Crippen LogP contribution in [-0.4, -0.2) is 13.2 Å². The van der Waals surface area contributed by atoms with Gasteiger partial charge in [-0.25, -0.2) is 0 Å². The number of ether oxygens (including phenoxy) is 1. The summed E-state index contributed by atoms with van der Waals surface area (Å²) in [6.45, 7) is 7.57. The quantitative estimate of drug-likeness (QED) is 0.840. The van der Waals surface area contributed by atoms with E-state index in [0.29, 0.717) is 13.2 Å². The van der Waals surface area contributed by atoms with Gasteiger partial charge < -0.3 is 10.1 Å². The van der Waals surface area contributed by atoms with E-state index in [-0.39, 0.29) is 0 Å². The van der Waals surface area contributed by atoms with Crippen LogP contribution in [0, 0.1) is 0 Å². The third kappa shape index (κ3) is 3.02. The Morgan fingerprint density at radius 1 is 1.23 bits per heavy atom. The molecule has 3 heteroatoms. The average Bonchev–Trinajstić information content (AvgIpc) is 2.53. The fourth-order valence-electron chi connectivity index (χ4n) is 2.60. The fourth-order valence-corrected chi connectivity index (χ4v) is 2.79. The van der Waals surface area contributed by atoms with Gasteiger partial charge in [-0.3, -0.25) is 0 Å². The summed E-state index contributed by atoms with van der Waals surface area (Å²) in [5.41, 5.74) is 5.57. The van der Waals surface area contributed by atoms with E-state index in [0.717, 1.165) is 33.2 Å². The molecule has 0 bridgehead atoms. The summed E-state index contributed by atoms with van der Waals surface area (Å²) in [6, 6.07) is 15.8. The second kappa shape index (κ2) is 6.29. The van der Waals surface area contributed by atoms with Crippen molar-refractivity contribution >= 4 is 22.9 Å². The normalized spacial score (nSPS) is 13.4. The summed E-state index contributed by atoms with van der Waals surface area (Å²) in [7, 11) is 0. The van der Waals surface area contributed by atoms with Gasteiger partial charge in [0.2, 0.25) is 0 Å². The zero-order valence-electron chi connectivity index (χ0n) is 12.5. The van der Waals surface area contributed by atoms with Crippen LogP contribution in [0.15, 0.2) is 66.3 Å². The summed E-state index contributed by atoms with van der Waals surface area (Å²) in [4.78, 5) is 0. The fraction of sp³-hybridized carbons (Fsp3) is 0.158. The monoisotopic (exact) mass is 311 g/mol. The van der Waals surface area contributed by atoms with E-state index in [9.17, 15) is 0 Å². The smallest absolute Gasteiger partial charge is 0.127 e. The lowest BCUT2D eigenvalue weighted by molar-refractivity contribution is 0.348. The van der Waals surface area contributed by atoms with Crippen LogP contribution < -0.4 is 10.1 Å². The Bertz CT molecular complexity index is 749. The lowest BCUT2D eigenvalue weighted by Gasteiger charge is -2.23. The molecular weight excluding hydrogens is 294 g/mol. The molecule has 0 saturated carbocycles. The molecule has 112 valence electrons. The Hall–Kier alpha value is -2.19. The van der Waals surface area contributed by atoms with E-state index < -0.39 is 0 Å². The standard InChI is InChI=1S/C19H18ClNO/c1-13(11-21-16-7-5-6-15(20)10-16)18-12-22-19-9-4-3-8-17(19)14(18)2/h3-10,21H,1,11-12H2,2H3. The maximum atomic E-state index is 6.00. The zero-order chi connectivity index (χ0) is 15.5. The first-order valence-corrected chi connectivity index (χ1v) is 7.62. The van der Waals surface area contributed by atoms with Gasteiger partial charge in [-0.1, -0.05) is 42.4 Å². The van der Waals surface area contributed by atoms with Gasteiger partial charge in [0.05, 0.1) is 0 Å². The van der Waals surface area contributed by atoms with Crippen molar-refractivity contribution in [2.75, 3.05) is 18.5 Å². The van der Waals surface area contributed by atoms with Crippen molar-refractivity contribution in [1.82, 2.24) is 0 Å². The number of halogens is 1. The van der Waals surface area contributed by atoms with Gasteiger partial charge in [0.15, 0.2) is 0 Å². The minimum Gasteiger partial charge on any atom is -0.488 e. The topological polar surface area (TPSA) is 21.3 Å². The van der Waals surface area contributed by atoms with Gasteiger partial charge in [0.25, 0.3) is 0 Å². The summed E-state index contributed by atoms with van der Waals surface area (Å²) in [5, 5.41) is 4.08. The molecule has 0 fully saturated rings. The van der Waals surface area contributed by atoms with E-state index in [1.165, 1.54) is 5.57 Å². The molecule has 1 N–H and O–H groups in total. The van der Waals surface area contributed by atoms with Crippen LogP contribution in [0.2, 0.25) is 5.02 Å². The van der Waals surface area contributed by atoms with Gasteiger partial charge >= 0.3 is 0 Å². The van der Waals surface area contributed by atoms with Crippen LogP contribution in [0.1, 0.15) is 12.5 Å². The minimum absolute atomic E-state index is 0.568. The molecule has 0 radical (unpaired) electrons. The SMILES string of the molecule is C=C(CNc1cccc(Cl)c1)C1=C(C)c2ccccc2OC1. The Morgan fingerprint density at radius 2 is 2.05 bits per heavy atom. The van der Waals surface area contributed by atoms with Gasteiger partial charge in [0.1, 0.15) is 12.4 Å². The van der Waals surface area contributed by atoms with Crippen molar-refractivity contribution in [3.05, 3.63) is 76.8 Å². The highest BCUT2D eigenvalue weighted by molar-refractivity contribution is 6.30. The predicted molar refractivity (Wildman–Crippen MR) is 93.6 cm³/mol. The van der Waals surface area contributed by atoms with E-state index in [4.69, 9.17) is 16.3 Å². The summed E-state index contributed by atoms with van der Waals surface area (Å²) in [5.74, 6) is 0.944. The number of benzene rings is 2. The molecule has 22 heavy (non-hydrogen) atoms. The Morgan fingerprint density at radius 3 is 2.86 bits per heavy atom. The van der Waals surface area contributed by atoms with E-state index >= 15 is 0 Å². The van der Waals surface area contributed by atoms with Crippen LogP contribution in [0.5, 0.6) is 5.75 Å². The first-order valence-electron chi connectivity index (χ1n) is 7.24. The zero-order valence-corrected chi connectivity index (χ0v) is 13.3. The number of nitrogens with one attached hydrogen (secondary N) is 1. The van der Waals surface area contributed by atoms with Crippen molar-refractivity contribution in [3.8, 4) is 5.75 Å². The largest absolute Gasteiger partial charge is 0.488 e. The molecule has 0 aromatic heterocycles. The number of hydrogen-bond acceptors (Lipinski definition) is 2. The molecule has 2 nitrogen and oxygen atoms in total. The lowest BCUT2D eigenvalue weighted by atomic mass is 9.94. The van der Waals surface area contributed by atoms with Crippen molar-refractivity contribution < 1.29 is 4.74 Å². The number of anilines is 1. The highest BCUT2D eigenvalue weighted by Crippen LogP contribution is 2.34. The number of para-hydroxylation sites is 1. The Kier molecular flexibility index (Phi) is 4.21. The Balaban J connectivity index is 1.75. The van der Waals surface area contributed by atoms with Crippen molar-refractivity contribution in [3.63, 3.8) is 0 Å². The molecule has 1 heterocycles. The number of rotatable bonds is 4. The average molecular weight is 312 g/mol. The summed E-state index contributed by atoms with van der Waals surface area (Å²) < 4.78 is 5.83. The van der Waals surface area contributed by atoms with E-state index in [1.54, 1.807) is 0 Å². The van der Waals surface area contributed by atoms with E-state index in [2.05, 4.69) is 24.9 Å². The van der Waals surface area contributed by atoms with Gasteiger partial charge in [0, 0.05) is 22.8 Å². The predicted octanol–water partition coefficient (Wildman–Crippen LogP) is 5.17. The number of allylic oxidation sites excluding steroid dienone is 1.